The Bertz CT molecular complexity index is 2840. The molecular weight excluding hydrogens is 592 g/mol. The molecule has 0 aliphatic rings. The Morgan fingerprint density at radius 2 is 1.04 bits per heavy atom. The molecule has 4 aromatic heterocycles. The Balaban J connectivity index is 1.19. The largest absolute Gasteiger partial charge is 0.456 e. The summed E-state index contributed by atoms with van der Waals surface area (Å²) in [7, 11) is 0. The summed E-state index contributed by atoms with van der Waals surface area (Å²) in [5, 5.41) is 4.93. The molecule has 0 saturated carbocycles. The van der Waals surface area contributed by atoms with Crippen LogP contribution in [0.1, 0.15) is 0 Å². The van der Waals surface area contributed by atoms with Crippen LogP contribution in [0.25, 0.3) is 100 Å². The van der Waals surface area contributed by atoms with Gasteiger partial charge in [0.1, 0.15) is 22.3 Å². The topological polar surface area (TPSA) is 77.8 Å². The van der Waals surface area contributed by atoms with Crippen molar-refractivity contribution in [1.29, 1.82) is 0 Å². The molecule has 0 aliphatic carbocycles. The van der Waals surface area contributed by atoms with E-state index in [9.17, 15) is 0 Å². The molecule has 0 unspecified atom stereocenters. The molecule has 0 atom stereocenters. The minimum absolute atomic E-state index is 0.549. The van der Waals surface area contributed by atoms with E-state index in [-0.39, 0.29) is 0 Å². The van der Waals surface area contributed by atoms with Crippen LogP contribution in [0.4, 0.5) is 0 Å². The molecular formula is C42H24N4O2. The van der Waals surface area contributed by atoms with E-state index in [1.54, 1.807) is 0 Å². The second-order valence-electron chi connectivity index (χ2n) is 11.9. The zero-order valence-corrected chi connectivity index (χ0v) is 25.5. The molecule has 0 N–H and O–H groups in total. The number of rotatable bonds is 4. The molecule has 0 fully saturated rings. The Labute approximate surface area is 274 Å². The van der Waals surface area contributed by atoms with E-state index < -0.39 is 0 Å². The van der Waals surface area contributed by atoms with Gasteiger partial charge >= 0.3 is 0 Å². The van der Waals surface area contributed by atoms with E-state index in [4.69, 9.17) is 28.8 Å². The molecule has 0 radical (unpaired) electrons. The fourth-order valence-corrected chi connectivity index (χ4v) is 6.66. The van der Waals surface area contributed by atoms with Crippen molar-refractivity contribution in [3.63, 3.8) is 0 Å². The summed E-state index contributed by atoms with van der Waals surface area (Å²) >= 11 is 0. The molecule has 0 bridgehead atoms. The van der Waals surface area contributed by atoms with Crippen LogP contribution < -0.4 is 0 Å². The van der Waals surface area contributed by atoms with Gasteiger partial charge in [-0.15, -0.1) is 0 Å². The van der Waals surface area contributed by atoms with Gasteiger partial charge in [0, 0.05) is 49.8 Å². The van der Waals surface area contributed by atoms with Gasteiger partial charge in [0.15, 0.2) is 17.5 Å². The lowest BCUT2D eigenvalue weighted by Gasteiger charge is -2.10. The Hall–Kier alpha value is -6.66. The summed E-state index contributed by atoms with van der Waals surface area (Å²) in [5.41, 5.74) is 8.91. The molecule has 4 heterocycles. The molecule has 0 saturated heterocycles. The maximum Gasteiger partial charge on any atom is 0.164 e. The number of para-hydroxylation sites is 2. The molecule has 10 rings (SSSR count). The third-order valence-corrected chi connectivity index (χ3v) is 9.00. The van der Waals surface area contributed by atoms with Crippen LogP contribution in [0.3, 0.4) is 0 Å². The average Bonchev–Trinajstić information content (AvgIpc) is 3.73. The van der Waals surface area contributed by atoms with Crippen molar-refractivity contribution in [2.45, 2.75) is 0 Å². The van der Waals surface area contributed by atoms with Gasteiger partial charge in [0.2, 0.25) is 0 Å². The third-order valence-electron chi connectivity index (χ3n) is 9.00. The highest BCUT2D eigenvalue weighted by atomic mass is 16.3. The van der Waals surface area contributed by atoms with Crippen LogP contribution in [0, 0.1) is 0 Å². The standard InChI is InChI=1S/C42H24N4O2/c1-2-9-25(10-3-1)26-17-19-27(20-18-26)40-44-41(28-21-22-30-29-11-5-7-15-35(29)47-37(30)23-28)46-42(45-40)32-13-8-16-36-38(32)33-24-43-34-14-6-4-12-31(34)39(33)48-36/h1-24H. The maximum absolute atomic E-state index is 6.47. The van der Waals surface area contributed by atoms with Gasteiger partial charge in [-0.2, -0.15) is 0 Å². The van der Waals surface area contributed by atoms with Gasteiger partial charge in [-0.25, -0.2) is 15.0 Å². The second-order valence-corrected chi connectivity index (χ2v) is 11.9. The fraction of sp³-hybridized carbons (Fsp3) is 0. The molecule has 0 amide bonds. The molecule has 6 nitrogen and oxygen atoms in total. The highest BCUT2D eigenvalue weighted by molar-refractivity contribution is 6.17. The van der Waals surface area contributed by atoms with Crippen molar-refractivity contribution >= 4 is 54.8 Å². The van der Waals surface area contributed by atoms with Gasteiger partial charge in [-0.1, -0.05) is 103 Å². The van der Waals surface area contributed by atoms with Crippen LogP contribution in [0.2, 0.25) is 0 Å². The van der Waals surface area contributed by atoms with E-state index >= 15 is 0 Å². The number of pyridine rings is 1. The molecule has 10 aromatic rings. The molecule has 6 heteroatoms. The Morgan fingerprint density at radius 3 is 1.92 bits per heavy atom. The second kappa shape index (κ2) is 10.4. The first-order chi connectivity index (χ1) is 23.8. The predicted molar refractivity (Wildman–Crippen MR) is 191 cm³/mol. The van der Waals surface area contributed by atoms with Gasteiger partial charge in [-0.05, 0) is 47.5 Å². The average molecular weight is 617 g/mol. The molecule has 0 aliphatic heterocycles. The normalized spacial score (nSPS) is 11.8. The number of aromatic nitrogens is 4. The van der Waals surface area contributed by atoms with Crippen molar-refractivity contribution < 1.29 is 8.83 Å². The molecule has 6 aromatic carbocycles. The lowest BCUT2D eigenvalue weighted by molar-refractivity contribution is 0.669. The maximum atomic E-state index is 6.47. The number of hydrogen-bond donors (Lipinski definition) is 0. The monoisotopic (exact) mass is 616 g/mol. The molecule has 48 heavy (non-hydrogen) atoms. The third kappa shape index (κ3) is 4.20. The first-order valence-corrected chi connectivity index (χ1v) is 15.8. The lowest BCUT2D eigenvalue weighted by atomic mass is 10.0. The van der Waals surface area contributed by atoms with Crippen molar-refractivity contribution in [3.8, 4) is 45.3 Å². The number of furan rings is 2. The van der Waals surface area contributed by atoms with Crippen LogP contribution in [0.15, 0.2) is 155 Å². The number of fused-ring (bicyclic) bond motifs is 8. The van der Waals surface area contributed by atoms with Gasteiger partial charge in [0.05, 0.1) is 5.52 Å². The van der Waals surface area contributed by atoms with Crippen molar-refractivity contribution in [2.24, 2.45) is 0 Å². The zero-order chi connectivity index (χ0) is 31.6. The van der Waals surface area contributed by atoms with Gasteiger partial charge in [-0.3, -0.25) is 4.98 Å². The van der Waals surface area contributed by atoms with Crippen molar-refractivity contribution in [3.05, 3.63) is 146 Å². The van der Waals surface area contributed by atoms with E-state index in [0.29, 0.717) is 17.5 Å². The Kier molecular flexibility index (Phi) is 5.77. The molecule has 0 spiro atoms. The number of benzene rings is 6. The molecule has 224 valence electrons. The SMILES string of the molecule is c1ccc(-c2ccc(-c3nc(-c4ccc5c(c4)oc4ccccc45)nc(-c4cccc5oc6c7ccccc7ncc6c45)n3)cc2)cc1. The summed E-state index contributed by atoms with van der Waals surface area (Å²) in [6, 6.07) is 46.9. The van der Waals surface area contributed by atoms with Crippen LogP contribution in [0.5, 0.6) is 0 Å². The minimum atomic E-state index is 0.549. The van der Waals surface area contributed by atoms with Gasteiger partial charge < -0.3 is 8.83 Å². The zero-order valence-electron chi connectivity index (χ0n) is 25.5. The van der Waals surface area contributed by atoms with Crippen LogP contribution >= 0.6 is 0 Å². The van der Waals surface area contributed by atoms with E-state index in [1.807, 2.05) is 91.1 Å². The van der Waals surface area contributed by atoms with Crippen LogP contribution in [-0.2, 0) is 0 Å². The summed E-state index contributed by atoms with van der Waals surface area (Å²) in [6.07, 6.45) is 1.88. The smallest absolute Gasteiger partial charge is 0.164 e. The first kappa shape index (κ1) is 26.5. The number of hydrogen-bond acceptors (Lipinski definition) is 6. The fourth-order valence-electron chi connectivity index (χ4n) is 6.66. The highest BCUT2D eigenvalue weighted by Crippen LogP contribution is 2.39. The quantitative estimate of drug-likeness (QED) is 0.196. The van der Waals surface area contributed by atoms with E-state index in [1.165, 1.54) is 0 Å². The minimum Gasteiger partial charge on any atom is -0.456 e. The summed E-state index contributed by atoms with van der Waals surface area (Å²) < 4.78 is 12.7. The number of nitrogens with zero attached hydrogens (tertiary/aromatic N) is 4. The van der Waals surface area contributed by atoms with E-state index in [0.717, 1.165) is 82.6 Å². The lowest BCUT2D eigenvalue weighted by Crippen LogP contribution is -2.00. The summed E-state index contributed by atoms with van der Waals surface area (Å²) in [6.45, 7) is 0. The summed E-state index contributed by atoms with van der Waals surface area (Å²) in [4.78, 5) is 20.0. The van der Waals surface area contributed by atoms with Crippen molar-refractivity contribution in [2.75, 3.05) is 0 Å². The van der Waals surface area contributed by atoms with Crippen molar-refractivity contribution in [1.82, 2.24) is 19.9 Å². The van der Waals surface area contributed by atoms with E-state index in [2.05, 4.69) is 54.6 Å². The predicted octanol–water partition coefficient (Wildman–Crippen LogP) is 10.9. The van der Waals surface area contributed by atoms with Gasteiger partial charge in [0.25, 0.3) is 0 Å². The first-order valence-electron chi connectivity index (χ1n) is 15.8. The highest BCUT2D eigenvalue weighted by Gasteiger charge is 2.20. The Morgan fingerprint density at radius 1 is 0.396 bits per heavy atom. The van der Waals surface area contributed by atoms with Crippen LogP contribution in [-0.4, -0.2) is 19.9 Å². The summed E-state index contributed by atoms with van der Waals surface area (Å²) in [5.74, 6) is 1.68.